The molecule has 3 nitrogen and oxygen atoms in total. The second kappa shape index (κ2) is 8.13. The molecule has 2 aromatic rings. The Morgan fingerprint density at radius 1 is 0.963 bits per heavy atom. The van der Waals surface area contributed by atoms with Gasteiger partial charge in [0, 0.05) is 5.67 Å². The van der Waals surface area contributed by atoms with E-state index in [0.717, 1.165) is 11.1 Å². The Morgan fingerprint density at radius 3 is 1.93 bits per heavy atom. The molecule has 1 atom stereocenters. The van der Waals surface area contributed by atoms with Gasteiger partial charge < -0.3 is 0 Å². The zero-order valence-corrected chi connectivity index (χ0v) is 19.0. The molecule has 27 heavy (non-hydrogen) atoms. The van der Waals surface area contributed by atoms with Crippen LogP contribution in [0.5, 0.6) is 0 Å². The lowest BCUT2D eigenvalue weighted by Crippen LogP contribution is -2.62. The lowest BCUT2D eigenvalue weighted by Gasteiger charge is -2.36. The van der Waals surface area contributed by atoms with Crippen molar-refractivity contribution in [3.63, 3.8) is 0 Å². The SMILES string of the molecule is C/C(=C\c1ccccc1)[C@H](NS(=O)(=O)C(C)(C)C)[Si](C)(C)c1ccccc1. The highest BCUT2D eigenvalue weighted by Gasteiger charge is 2.40. The lowest BCUT2D eigenvalue weighted by molar-refractivity contribution is 0.544. The first-order chi connectivity index (χ1) is 12.4. The highest BCUT2D eigenvalue weighted by atomic mass is 32.2. The molecule has 0 fully saturated rings. The Morgan fingerprint density at radius 2 is 1.44 bits per heavy atom. The second-order valence-corrected chi connectivity index (χ2v) is 15.6. The standard InChI is InChI=1S/C22H31NO2SSi/c1-18(17-19-13-9-7-10-14-19)21(23-26(24,25)22(2,3)4)27(5,6)20-15-11-8-12-16-20/h7-17,21,23H,1-6H3/b18-17+/t21-/m1/s1. The van der Waals surface area contributed by atoms with Crippen molar-refractivity contribution in [2.75, 3.05) is 0 Å². The zero-order chi connectivity index (χ0) is 20.3. The van der Waals surface area contributed by atoms with E-state index in [1.54, 1.807) is 20.8 Å². The summed E-state index contributed by atoms with van der Waals surface area (Å²) >= 11 is 0. The van der Waals surface area contributed by atoms with Crippen LogP contribution in [-0.4, -0.2) is 26.9 Å². The third-order valence-electron chi connectivity index (χ3n) is 4.97. The van der Waals surface area contributed by atoms with Crippen molar-refractivity contribution in [2.45, 2.75) is 51.2 Å². The van der Waals surface area contributed by atoms with E-state index in [9.17, 15) is 8.42 Å². The Kier molecular flexibility index (Phi) is 6.50. The summed E-state index contributed by atoms with van der Waals surface area (Å²) in [4.78, 5) is 0. The van der Waals surface area contributed by atoms with E-state index in [2.05, 4.69) is 36.0 Å². The fraction of sp³-hybridized carbons (Fsp3) is 0.364. The number of nitrogens with one attached hydrogen (secondary N) is 1. The molecule has 0 saturated heterocycles. The largest absolute Gasteiger partial charge is 0.216 e. The fourth-order valence-corrected chi connectivity index (χ4v) is 8.17. The molecular formula is C22H31NO2SSi. The maximum absolute atomic E-state index is 13.0. The Hall–Kier alpha value is -1.69. The monoisotopic (exact) mass is 401 g/mol. The van der Waals surface area contributed by atoms with Crippen LogP contribution in [0, 0.1) is 0 Å². The molecule has 0 aliphatic carbocycles. The third kappa shape index (κ3) is 5.18. The van der Waals surface area contributed by atoms with E-state index in [0.29, 0.717) is 0 Å². The summed E-state index contributed by atoms with van der Waals surface area (Å²) in [5.74, 6) is 0. The van der Waals surface area contributed by atoms with Crippen molar-refractivity contribution in [3.05, 3.63) is 71.8 Å². The van der Waals surface area contributed by atoms with E-state index in [1.807, 2.05) is 55.5 Å². The Labute approximate surface area is 165 Å². The molecular weight excluding hydrogens is 370 g/mol. The van der Waals surface area contributed by atoms with Gasteiger partial charge in [-0.05, 0) is 33.3 Å². The smallest absolute Gasteiger partial charge is 0.212 e. The Balaban J connectivity index is 2.53. The van der Waals surface area contributed by atoms with Crippen LogP contribution in [-0.2, 0) is 10.0 Å². The molecule has 0 radical (unpaired) electrons. The van der Waals surface area contributed by atoms with Gasteiger partial charge >= 0.3 is 0 Å². The van der Waals surface area contributed by atoms with Crippen LogP contribution in [0.2, 0.25) is 13.1 Å². The highest BCUT2D eigenvalue weighted by Crippen LogP contribution is 2.23. The molecule has 5 heteroatoms. The molecule has 2 rings (SSSR count). The van der Waals surface area contributed by atoms with Crippen molar-refractivity contribution in [1.29, 1.82) is 0 Å². The summed E-state index contributed by atoms with van der Waals surface area (Å²) in [6.45, 7) is 11.7. The number of rotatable bonds is 6. The van der Waals surface area contributed by atoms with Gasteiger partial charge in [0.1, 0.15) is 8.07 Å². The quantitative estimate of drug-likeness (QED) is 0.732. The number of sulfonamides is 1. The van der Waals surface area contributed by atoms with Crippen molar-refractivity contribution in [1.82, 2.24) is 4.72 Å². The minimum absolute atomic E-state index is 0.232. The molecule has 146 valence electrons. The fourth-order valence-electron chi connectivity index (χ4n) is 3.07. The predicted octanol–water partition coefficient (Wildman–Crippen LogP) is 4.33. The average Bonchev–Trinajstić information content (AvgIpc) is 2.60. The molecule has 1 N–H and O–H groups in total. The number of hydrogen-bond donors (Lipinski definition) is 1. The van der Waals surface area contributed by atoms with Gasteiger partial charge in [0.15, 0.2) is 0 Å². The van der Waals surface area contributed by atoms with Crippen LogP contribution < -0.4 is 9.91 Å². The van der Waals surface area contributed by atoms with Crippen molar-refractivity contribution in [2.24, 2.45) is 0 Å². The topological polar surface area (TPSA) is 46.2 Å². The van der Waals surface area contributed by atoms with E-state index < -0.39 is 22.8 Å². The summed E-state index contributed by atoms with van der Waals surface area (Å²) in [7, 11) is -5.65. The van der Waals surface area contributed by atoms with Crippen LogP contribution in [0.1, 0.15) is 33.3 Å². The van der Waals surface area contributed by atoms with Crippen molar-refractivity contribution < 1.29 is 8.42 Å². The van der Waals surface area contributed by atoms with E-state index >= 15 is 0 Å². The maximum Gasteiger partial charge on any atom is 0.216 e. The molecule has 0 spiro atoms. The van der Waals surface area contributed by atoms with Gasteiger partial charge in [-0.1, -0.05) is 90.6 Å². The van der Waals surface area contributed by atoms with Crippen LogP contribution >= 0.6 is 0 Å². The summed E-state index contributed by atoms with van der Waals surface area (Å²) in [6, 6.07) is 20.3. The normalized spacial score (nSPS) is 14.8. The summed E-state index contributed by atoms with van der Waals surface area (Å²) in [6.07, 6.45) is 2.09. The predicted molar refractivity (Wildman–Crippen MR) is 119 cm³/mol. The minimum Gasteiger partial charge on any atom is -0.212 e. The maximum atomic E-state index is 13.0. The van der Waals surface area contributed by atoms with Crippen LogP contribution in [0.25, 0.3) is 6.08 Å². The number of hydrogen-bond acceptors (Lipinski definition) is 2. The molecule has 0 unspecified atom stereocenters. The highest BCUT2D eigenvalue weighted by molar-refractivity contribution is 7.90. The molecule has 0 aliphatic rings. The number of benzene rings is 2. The summed E-state index contributed by atoms with van der Waals surface area (Å²) in [5.41, 5.74) is 1.88. The second-order valence-electron chi connectivity index (χ2n) is 8.55. The van der Waals surface area contributed by atoms with E-state index in [4.69, 9.17) is 0 Å². The summed E-state index contributed by atoms with van der Waals surface area (Å²) in [5, 5.41) is 1.23. The zero-order valence-electron chi connectivity index (χ0n) is 17.2. The summed E-state index contributed by atoms with van der Waals surface area (Å²) < 4.78 is 28.2. The van der Waals surface area contributed by atoms with E-state index in [1.165, 1.54) is 5.19 Å². The molecule has 0 aliphatic heterocycles. The molecule has 0 heterocycles. The van der Waals surface area contributed by atoms with Crippen LogP contribution in [0.3, 0.4) is 0 Å². The molecule has 2 aromatic carbocycles. The molecule has 0 bridgehead atoms. The Bertz CT molecular complexity index is 883. The van der Waals surface area contributed by atoms with Gasteiger partial charge in [0.05, 0.1) is 4.75 Å². The van der Waals surface area contributed by atoms with Gasteiger partial charge in [-0.3, -0.25) is 0 Å². The van der Waals surface area contributed by atoms with Gasteiger partial charge in [0.2, 0.25) is 10.0 Å². The van der Waals surface area contributed by atoms with Gasteiger partial charge in [0.25, 0.3) is 0 Å². The van der Waals surface area contributed by atoms with Crippen molar-refractivity contribution in [3.8, 4) is 0 Å². The molecule has 0 saturated carbocycles. The van der Waals surface area contributed by atoms with Crippen LogP contribution in [0.15, 0.2) is 66.2 Å². The molecule has 0 amide bonds. The first kappa shape index (κ1) is 21.6. The van der Waals surface area contributed by atoms with Crippen molar-refractivity contribution >= 4 is 29.4 Å². The van der Waals surface area contributed by atoms with Gasteiger partial charge in [-0.15, -0.1) is 0 Å². The first-order valence-corrected chi connectivity index (χ1v) is 13.8. The molecule has 0 aromatic heterocycles. The lowest BCUT2D eigenvalue weighted by atomic mass is 10.1. The van der Waals surface area contributed by atoms with E-state index in [-0.39, 0.29) is 5.67 Å². The third-order valence-corrected chi connectivity index (χ3v) is 11.2. The first-order valence-electron chi connectivity index (χ1n) is 9.26. The van der Waals surface area contributed by atoms with Gasteiger partial charge in [-0.2, -0.15) is 0 Å². The van der Waals surface area contributed by atoms with Gasteiger partial charge in [-0.25, -0.2) is 13.1 Å². The van der Waals surface area contributed by atoms with Crippen LogP contribution in [0.4, 0.5) is 0 Å². The average molecular weight is 402 g/mol. The minimum atomic E-state index is -3.48.